The van der Waals surface area contributed by atoms with E-state index in [0.29, 0.717) is 5.56 Å². The molecule has 2 rings (SSSR count). The van der Waals surface area contributed by atoms with Gasteiger partial charge in [0, 0.05) is 3.57 Å². The SMILES string of the molecule is COc1c(Cl)cc(C(=O)O)cc1NC(=O)c1ccccc1I. The molecule has 22 heavy (non-hydrogen) atoms. The molecule has 0 saturated carbocycles. The van der Waals surface area contributed by atoms with Gasteiger partial charge in [-0.15, -0.1) is 0 Å². The molecule has 2 aromatic carbocycles. The van der Waals surface area contributed by atoms with Crippen molar-refractivity contribution in [3.05, 3.63) is 56.1 Å². The lowest BCUT2D eigenvalue weighted by atomic mass is 10.1. The topological polar surface area (TPSA) is 75.6 Å². The van der Waals surface area contributed by atoms with Gasteiger partial charge in [-0.3, -0.25) is 4.79 Å². The monoisotopic (exact) mass is 431 g/mol. The number of ether oxygens (including phenoxy) is 1. The van der Waals surface area contributed by atoms with E-state index in [1.54, 1.807) is 18.2 Å². The van der Waals surface area contributed by atoms with Crippen molar-refractivity contribution in [2.45, 2.75) is 0 Å². The van der Waals surface area contributed by atoms with Gasteiger partial charge < -0.3 is 15.2 Å². The highest BCUT2D eigenvalue weighted by molar-refractivity contribution is 14.1. The molecule has 5 nitrogen and oxygen atoms in total. The third-order valence-corrected chi connectivity index (χ3v) is 4.08. The van der Waals surface area contributed by atoms with Crippen LogP contribution < -0.4 is 10.1 Å². The fourth-order valence-electron chi connectivity index (χ4n) is 1.85. The third-order valence-electron chi connectivity index (χ3n) is 2.86. The summed E-state index contributed by atoms with van der Waals surface area (Å²) < 4.78 is 5.91. The molecule has 0 heterocycles. The molecular weight excluding hydrogens is 421 g/mol. The van der Waals surface area contributed by atoms with E-state index in [9.17, 15) is 9.59 Å². The number of benzene rings is 2. The van der Waals surface area contributed by atoms with Crippen molar-refractivity contribution < 1.29 is 19.4 Å². The minimum atomic E-state index is -1.14. The van der Waals surface area contributed by atoms with Gasteiger partial charge in [0.2, 0.25) is 0 Å². The van der Waals surface area contributed by atoms with Crippen molar-refractivity contribution in [2.75, 3.05) is 12.4 Å². The van der Waals surface area contributed by atoms with Crippen LogP contribution >= 0.6 is 34.2 Å². The number of hydrogen-bond acceptors (Lipinski definition) is 3. The van der Waals surface area contributed by atoms with E-state index in [1.165, 1.54) is 19.2 Å². The van der Waals surface area contributed by atoms with Gasteiger partial charge in [-0.05, 0) is 46.9 Å². The van der Waals surface area contributed by atoms with Crippen LogP contribution in [0.25, 0.3) is 0 Å². The number of carbonyl (C=O) groups excluding carboxylic acids is 1. The van der Waals surface area contributed by atoms with Gasteiger partial charge in [0.05, 0.1) is 28.9 Å². The standard InChI is InChI=1S/C15H11ClINO4/c1-22-13-10(16)6-8(15(20)21)7-12(13)18-14(19)9-4-2-3-5-11(9)17/h2-7H,1H3,(H,18,19)(H,20,21). The second kappa shape index (κ2) is 6.97. The van der Waals surface area contributed by atoms with Crippen LogP contribution in [0.4, 0.5) is 5.69 Å². The van der Waals surface area contributed by atoms with Gasteiger partial charge in [0.1, 0.15) is 0 Å². The van der Waals surface area contributed by atoms with Crippen LogP contribution in [0.15, 0.2) is 36.4 Å². The first-order valence-electron chi connectivity index (χ1n) is 6.10. The Bertz CT molecular complexity index is 748. The molecule has 114 valence electrons. The molecule has 0 bridgehead atoms. The van der Waals surface area contributed by atoms with Gasteiger partial charge in [-0.25, -0.2) is 4.79 Å². The average Bonchev–Trinajstić information content (AvgIpc) is 2.47. The Labute approximate surface area is 145 Å². The van der Waals surface area contributed by atoms with Crippen molar-refractivity contribution in [1.29, 1.82) is 0 Å². The Morgan fingerprint density at radius 1 is 1.27 bits per heavy atom. The second-order valence-corrected chi connectivity index (χ2v) is 5.85. The number of carbonyl (C=O) groups is 2. The quantitative estimate of drug-likeness (QED) is 0.720. The average molecular weight is 432 g/mol. The number of carboxylic acids is 1. The van der Waals surface area contributed by atoms with Gasteiger partial charge in [0.25, 0.3) is 5.91 Å². The normalized spacial score (nSPS) is 10.1. The van der Waals surface area contributed by atoms with Crippen LogP contribution in [0, 0.1) is 3.57 Å². The fourth-order valence-corrected chi connectivity index (χ4v) is 2.78. The predicted octanol–water partition coefficient (Wildman–Crippen LogP) is 3.90. The van der Waals surface area contributed by atoms with Crippen molar-refractivity contribution in [1.82, 2.24) is 0 Å². The highest BCUT2D eigenvalue weighted by Gasteiger charge is 2.17. The molecule has 2 N–H and O–H groups in total. The number of carboxylic acid groups (broad SMARTS) is 1. The van der Waals surface area contributed by atoms with Crippen LogP contribution in [0.2, 0.25) is 5.02 Å². The number of hydrogen-bond donors (Lipinski definition) is 2. The number of rotatable bonds is 4. The lowest BCUT2D eigenvalue weighted by molar-refractivity contribution is 0.0696. The number of aromatic carboxylic acids is 1. The van der Waals surface area contributed by atoms with Gasteiger partial charge in [-0.1, -0.05) is 23.7 Å². The summed E-state index contributed by atoms with van der Waals surface area (Å²) in [7, 11) is 1.39. The van der Waals surface area contributed by atoms with Crippen LogP contribution in [0.5, 0.6) is 5.75 Å². The largest absolute Gasteiger partial charge is 0.493 e. The van der Waals surface area contributed by atoms with Gasteiger partial charge in [-0.2, -0.15) is 0 Å². The minimum absolute atomic E-state index is 0.0381. The van der Waals surface area contributed by atoms with E-state index >= 15 is 0 Å². The molecule has 0 aliphatic rings. The molecule has 1 amide bonds. The smallest absolute Gasteiger partial charge is 0.335 e. The maximum absolute atomic E-state index is 12.3. The Balaban J connectivity index is 2.42. The molecule has 0 aliphatic carbocycles. The van der Waals surface area contributed by atoms with E-state index in [1.807, 2.05) is 28.7 Å². The predicted molar refractivity (Wildman–Crippen MR) is 92.1 cm³/mol. The maximum atomic E-state index is 12.3. The zero-order valence-corrected chi connectivity index (χ0v) is 14.3. The Hall–Kier alpha value is -1.80. The molecule has 7 heteroatoms. The Kier molecular flexibility index (Phi) is 5.25. The van der Waals surface area contributed by atoms with Crippen LogP contribution in [-0.2, 0) is 0 Å². The van der Waals surface area contributed by atoms with Crippen molar-refractivity contribution in [3.63, 3.8) is 0 Å². The molecule has 0 saturated heterocycles. The Morgan fingerprint density at radius 2 is 1.95 bits per heavy atom. The van der Waals surface area contributed by atoms with E-state index < -0.39 is 5.97 Å². The van der Waals surface area contributed by atoms with Crippen molar-refractivity contribution >= 4 is 51.8 Å². The minimum Gasteiger partial charge on any atom is -0.493 e. The summed E-state index contributed by atoms with van der Waals surface area (Å²) in [6.45, 7) is 0. The highest BCUT2D eigenvalue weighted by Crippen LogP contribution is 2.34. The summed E-state index contributed by atoms with van der Waals surface area (Å²) in [5.74, 6) is -1.30. The molecule has 0 atom stereocenters. The lowest BCUT2D eigenvalue weighted by Gasteiger charge is -2.13. The summed E-state index contributed by atoms with van der Waals surface area (Å²) in [5.41, 5.74) is 0.642. The fraction of sp³-hybridized carbons (Fsp3) is 0.0667. The van der Waals surface area contributed by atoms with Gasteiger partial charge in [0.15, 0.2) is 5.75 Å². The zero-order valence-electron chi connectivity index (χ0n) is 11.4. The number of amides is 1. The first-order valence-corrected chi connectivity index (χ1v) is 7.56. The molecule has 2 aromatic rings. The number of nitrogens with one attached hydrogen (secondary N) is 1. The number of methoxy groups -OCH3 is 1. The van der Waals surface area contributed by atoms with Crippen LogP contribution in [0.3, 0.4) is 0 Å². The van der Waals surface area contributed by atoms with Crippen LogP contribution in [-0.4, -0.2) is 24.1 Å². The third kappa shape index (κ3) is 3.50. The van der Waals surface area contributed by atoms with E-state index in [-0.39, 0.29) is 27.9 Å². The van der Waals surface area contributed by atoms with E-state index in [4.69, 9.17) is 21.4 Å². The molecule has 0 unspecified atom stereocenters. The van der Waals surface area contributed by atoms with E-state index in [0.717, 1.165) is 3.57 Å². The first-order chi connectivity index (χ1) is 10.4. The molecular formula is C15H11ClINO4. The molecule has 0 fully saturated rings. The lowest BCUT2D eigenvalue weighted by Crippen LogP contribution is -2.14. The second-order valence-electron chi connectivity index (χ2n) is 4.28. The maximum Gasteiger partial charge on any atom is 0.335 e. The summed E-state index contributed by atoms with van der Waals surface area (Å²) in [5, 5.41) is 11.8. The number of anilines is 1. The van der Waals surface area contributed by atoms with Crippen molar-refractivity contribution in [3.8, 4) is 5.75 Å². The Morgan fingerprint density at radius 3 is 2.55 bits per heavy atom. The highest BCUT2D eigenvalue weighted by atomic mass is 127. The molecule has 0 radical (unpaired) electrons. The summed E-state index contributed by atoms with van der Waals surface area (Å²) in [6.07, 6.45) is 0. The molecule has 0 aromatic heterocycles. The zero-order chi connectivity index (χ0) is 16.3. The summed E-state index contributed by atoms with van der Waals surface area (Å²) >= 11 is 8.05. The summed E-state index contributed by atoms with van der Waals surface area (Å²) in [6, 6.07) is 9.61. The molecule has 0 spiro atoms. The van der Waals surface area contributed by atoms with Gasteiger partial charge >= 0.3 is 5.97 Å². The molecule has 0 aliphatic heterocycles. The first kappa shape index (κ1) is 16.6. The van der Waals surface area contributed by atoms with Crippen molar-refractivity contribution in [2.24, 2.45) is 0 Å². The van der Waals surface area contributed by atoms with Crippen LogP contribution in [0.1, 0.15) is 20.7 Å². The number of halogens is 2. The summed E-state index contributed by atoms with van der Waals surface area (Å²) in [4.78, 5) is 23.4. The van der Waals surface area contributed by atoms with E-state index in [2.05, 4.69) is 5.32 Å².